The second-order valence-corrected chi connectivity index (χ2v) is 6.25. The summed E-state index contributed by atoms with van der Waals surface area (Å²) < 4.78 is 14.0. The van der Waals surface area contributed by atoms with Crippen LogP contribution < -0.4 is 5.32 Å². The molecule has 1 aromatic heterocycles. The molecule has 132 valence electrons. The molecule has 3 rings (SSSR count). The molecule has 0 bridgehead atoms. The minimum Gasteiger partial charge on any atom is -0.391 e. The summed E-state index contributed by atoms with van der Waals surface area (Å²) in [5.74, 6) is 0.127. The molecule has 5 nitrogen and oxygen atoms in total. The van der Waals surface area contributed by atoms with Crippen molar-refractivity contribution in [2.75, 3.05) is 18.9 Å². The summed E-state index contributed by atoms with van der Waals surface area (Å²) in [6.45, 7) is 0.548. The summed E-state index contributed by atoms with van der Waals surface area (Å²) >= 11 is 0. The molecule has 2 N–H and O–H groups in total. The van der Waals surface area contributed by atoms with Gasteiger partial charge >= 0.3 is 0 Å². The molecule has 25 heavy (non-hydrogen) atoms. The highest BCUT2D eigenvalue weighted by Gasteiger charge is 2.34. The van der Waals surface area contributed by atoms with E-state index in [2.05, 4.69) is 10.3 Å². The van der Waals surface area contributed by atoms with Gasteiger partial charge in [-0.3, -0.25) is 4.79 Å². The van der Waals surface area contributed by atoms with Gasteiger partial charge in [0.15, 0.2) is 0 Å². The fraction of sp³-hybridized carbons (Fsp3) is 0.368. The van der Waals surface area contributed by atoms with Gasteiger partial charge < -0.3 is 15.3 Å². The fourth-order valence-electron chi connectivity index (χ4n) is 3.29. The van der Waals surface area contributed by atoms with Gasteiger partial charge in [-0.1, -0.05) is 18.2 Å². The highest BCUT2D eigenvalue weighted by molar-refractivity contribution is 5.95. The Balaban J connectivity index is 1.86. The van der Waals surface area contributed by atoms with Crippen molar-refractivity contribution in [1.82, 2.24) is 9.88 Å². The zero-order valence-corrected chi connectivity index (χ0v) is 14.2. The third-order valence-corrected chi connectivity index (χ3v) is 4.65. The zero-order chi connectivity index (χ0) is 17.8. The van der Waals surface area contributed by atoms with Crippen LogP contribution in [0.5, 0.6) is 0 Å². The number of anilines is 1. The number of amides is 1. The number of pyridine rings is 1. The number of piperidine rings is 1. The van der Waals surface area contributed by atoms with E-state index in [4.69, 9.17) is 0 Å². The van der Waals surface area contributed by atoms with Crippen LogP contribution in [0.3, 0.4) is 0 Å². The van der Waals surface area contributed by atoms with Gasteiger partial charge in [0, 0.05) is 25.4 Å². The molecule has 2 aromatic rings. The lowest BCUT2D eigenvalue weighted by atomic mass is 9.92. The number of hydrogen-bond donors (Lipinski definition) is 2. The maximum absolute atomic E-state index is 14.0. The van der Waals surface area contributed by atoms with Crippen LogP contribution in [0.4, 0.5) is 10.2 Å². The van der Waals surface area contributed by atoms with Gasteiger partial charge in [-0.15, -0.1) is 0 Å². The lowest BCUT2D eigenvalue weighted by molar-refractivity contribution is 0.0116. The van der Waals surface area contributed by atoms with E-state index in [1.807, 2.05) is 0 Å². The van der Waals surface area contributed by atoms with Crippen molar-refractivity contribution >= 4 is 11.7 Å². The number of carbonyl (C=O) groups excluding carboxylic acids is 1. The molecule has 6 heteroatoms. The number of halogens is 1. The molecule has 2 heterocycles. The standard InChI is InChI=1S/C19H22FN3O2/c1-21-18-12-14(8-9-22-18)19(25)23-10-4-7-17(24)16(23)11-13-5-2-3-6-15(13)20/h2-3,5-6,8-9,12,16-17,24H,4,7,10-11H2,1H3,(H,21,22)/t16-,17-/m0/s1. The first-order valence-corrected chi connectivity index (χ1v) is 8.46. The fourth-order valence-corrected chi connectivity index (χ4v) is 3.29. The Morgan fingerprint density at radius 2 is 2.20 bits per heavy atom. The summed E-state index contributed by atoms with van der Waals surface area (Å²) in [5, 5.41) is 13.4. The van der Waals surface area contributed by atoms with Crippen LogP contribution in [0.25, 0.3) is 0 Å². The van der Waals surface area contributed by atoms with Gasteiger partial charge in [0.05, 0.1) is 12.1 Å². The lowest BCUT2D eigenvalue weighted by Crippen LogP contribution is -2.52. The Morgan fingerprint density at radius 3 is 2.96 bits per heavy atom. The number of carbonyl (C=O) groups is 1. The van der Waals surface area contributed by atoms with Crippen LogP contribution in [-0.4, -0.2) is 46.6 Å². The minimum absolute atomic E-state index is 0.168. The van der Waals surface area contributed by atoms with E-state index in [1.54, 1.807) is 48.5 Å². The molecule has 1 aromatic carbocycles. The molecule has 1 aliphatic heterocycles. The summed E-state index contributed by atoms with van der Waals surface area (Å²) in [4.78, 5) is 18.7. The Kier molecular flexibility index (Phi) is 5.28. The van der Waals surface area contributed by atoms with Crippen LogP contribution >= 0.6 is 0 Å². The van der Waals surface area contributed by atoms with Crippen LogP contribution in [0.1, 0.15) is 28.8 Å². The van der Waals surface area contributed by atoms with Gasteiger partial charge in [0.25, 0.3) is 5.91 Å². The van der Waals surface area contributed by atoms with Crippen molar-refractivity contribution in [3.8, 4) is 0 Å². The van der Waals surface area contributed by atoms with Crippen molar-refractivity contribution < 1.29 is 14.3 Å². The van der Waals surface area contributed by atoms with Crippen LogP contribution in [0, 0.1) is 5.82 Å². The largest absolute Gasteiger partial charge is 0.391 e. The highest BCUT2D eigenvalue weighted by Crippen LogP contribution is 2.24. The van der Waals surface area contributed by atoms with Gasteiger partial charge in [-0.05, 0) is 43.0 Å². The normalized spacial score (nSPS) is 20.4. The van der Waals surface area contributed by atoms with E-state index in [9.17, 15) is 14.3 Å². The van der Waals surface area contributed by atoms with Crippen molar-refractivity contribution in [2.45, 2.75) is 31.4 Å². The van der Waals surface area contributed by atoms with Crippen LogP contribution in [0.2, 0.25) is 0 Å². The average Bonchev–Trinajstić information content (AvgIpc) is 2.64. The van der Waals surface area contributed by atoms with E-state index >= 15 is 0 Å². The molecule has 0 unspecified atom stereocenters. The molecule has 0 spiro atoms. The van der Waals surface area contributed by atoms with Crippen LogP contribution in [-0.2, 0) is 6.42 Å². The Morgan fingerprint density at radius 1 is 1.40 bits per heavy atom. The second-order valence-electron chi connectivity index (χ2n) is 6.25. The number of nitrogens with zero attached hydrogens (tertiary/aromatic N) is 2. The van der Waals surface area contributed by atoms with Crippen LogP contribution in [0.15, 0.2) is 42.6 Å². The third-order valence-electron chi connectivity index (χ3n) is 4.65. The first-order chi connectivity index (χ1) is 12.1. The molecule has 0 saturated carbocycles. The van der Waals surface area contributed by atoms with Gasteiger partial charge in [-0.2, -0.15) is 0 Å². The van der Waals surface area contributed by atoms with Gasteiger partial charge in [0.1, 0.15) is 11.6 Å². The molecule has 1 fully saturated rings. The van der Waals surface area contributed by atoms with E-state index in [1.165, 1.54) is 6.07 Å². The topological polar surface area (TPSA) is 65.5 Å². The summed E-state index contributed by atoms with van der Waals surface area (Å²) in [5.41, 5.74) is 1.02. The number of likely N-dealkylation sites (tertiary alicyclic amines) is 1. The molecule has 1 amide bonds. The zero-order valence-electron chi connectivity index (χ0n) is 14.2. The number of aromatic nitrogens is 1. The maximum Gasteiger partial charge on any atom is 0.254 e. The van der Waals surface area contributed by atoms with Crippen molar-refractivity contribution in [2.24, 2.45) is 0 Å². The number of hydrogen-bond acceptors (Lipinski definition) is 4. The molecule has 0 aliphatic carbocycles. The smallest absolute Gasteiger partial charge is 0.254 e. The third kappa shape index (κ3) is 3.79. The first kappa shape index (κ1) is 17.4. The predicted octanol–water partition coefficient (Wildman–Crippen LogP) is 2.47. The molecular weight excluding hydrogens is 321 g/mol. The Bertz CT molecular complexity index is 753. The number of nitrogens with one attached hydrogen (secondary N) is 1. The summed E-state index contributed by atoms with van der Waals surface area (Å²) in [7, 11) is 1.74. The van der Waals surface area contributed by atoms with E-state index in [-0.39, 0.29) is 11.7 Å². The lowest BCUT2D eigenvalue weighted by Gasteiger charge is -2.39. The SMILES string of the molecule is CNc1cc(C(=O)N2CCC[C@H](O)[C@@H]2Cc2ccccc2F)ccn1. The second kappa shape index (κ2) is 7.61. The Hall–Kier alpha value is -2.47. The molecule has 1 aliphatic rings. The maximum atomic E-state index is 14.0. The number of aliphatic hydroxyl groups is 1. The number of rotatable bonds is 4. The quantitative estimate of drug-likeness (QED) is 0.895. The van der Waals surface area contributed by atoms with E-state index in [0.29, 0.717) is 36.3 Å². The van der Waals surface area contributed by atoms with Gasteiger partial charge in [-0.25, -0.2) is 9.37 Å². The molecule has 0 radical (unpaired) electrons. The van der Waals surface area contributed by atoms with Crippen molar-refractivity contribution in [3.63, 3.8) is 0 Å². The first-order valence-electron chi connectivity index (χ1n) is 8.46. The minimum atomic E-state index is -0.664. The summed E-state index contributed by atoms with van der Waals surface area (Å²) in [6.07, 6.45) is 2.54. The Labute approximate surface area is 146 Å². The molecule has 1 saturated heterocycles. The molecular formula is C19H22FN3O2. The van der Waals surface area contributed by atoms with Gasteiger partial charge in [0.2, 0.25) is 0 Å². The summed E-state index contributed by atoms with van der Waals surface area (Å²) in [6, 6.07) is 9.40. The number of benzene rings is 1. The van der Waals surface area contributed by atoms with Crippen molar-refractivity contribution in [1.29, 1.82) is 0 Å². The average molecular weight is 343 g/mol. The van der Waals surface area contributed by atoms with E-state index < -0.39 is 12.1 Å². The number of aliphatic hydroxyl groups excluding tert-OH is 1. The van der Waals surface area contributed by atoms with E-state index in [0.717, 1.165) is 6.42 Å². The molecule has 2 atom stereocenters. The monoisotopic (exact) mass is 343 g/mol. The highest BCUT2D eigenvalue weighted by atomic mass is 19.1. The van der Waals surface area contributed by atoms with Crippen molar-refractivity contribution in [3.05, 3.63) is 59.5 Å². The predicted molar refractivity (Wildman–Crippen MR) is 94.0 cm³/mol.